The lowest BCUT2D eigenvalue weighted by atomic mass is 9.96. The molecule has 0 amide bonds. The molecule has 2 rings (SSSR count). The average molecular weight is 310 g/mol. The van der Waals surface area contributed by atoms with Crippen LogP contribution in [-0.2, 0) is 4.74 Å². The predicted octanol–water partition coefficient (Wildman–Crippen LogP) is 1.99. The first-order valence-electron chi connectivity index (χ1n) is 8.99. The van der Waals surface area contributed by atoms with Gasteiger partial charge in [0.1, 0.15) is 0 Å². The molecule has 1 aliphatic heterocycles. The molecule has 2 fully saturated rings. The topological polar surface area (TPSA) is 48.9 Å². The summed E-state index contributed by atoms with van der Waals surface area (Å²) in [4.78, 5) is 7.36. The van der Waals surface area contributed by atoms with E-state index in [0.29, 0.717) is 6.04 Å². The van der Waals surface area contributed by atoms with Gasteiger partial charge in [-0.2, -0.15) is 0 Å². The summed E-state index contributed by atoms with van der Waals surface area (Å²) in [6, 6.07) is 0.595. The van der Waals surface area contributed by atoms with Crippen molar-refractivity contribution in [2.75, 3.05) is 39.4 Å². The summed E-state index contributed by atoms with van der Waals surface area (Å²) in [5.74, 6) is 0.982. The van der Waals surface area contributed by atoms with Crippen LogP contribution in [0.2, 0.25) is 0 Å². The van der Waals surface area contributed by atoms with Crippen LogP contribution in [0.3, 0.4) is 0 Å². The largest absolute Gasteiger partial charge is 0.379 e. The summed E-state index contributed by atoms with van der Waals surface area (Å²) in [6.07, 6.45) is 6.62. The van der Waals surface area contributed by atoms with E-state index in [1.807, 2.05) is 0 Å². The fourth-order valence-electron chi connectivity index (χ4n) is 3.30. The van der Waals surface area contributed by atoms with Crippen LogP contribution in [0.1, 0.15) is 52.9 Å². The third kappa shape index (κ3) is 5.43. The molecule has 0 aromatic carbocycles. The zero-order valence-corrected chi connectivity index (χ0v) is 14.7. The van der Waals surface area contributed by atoms with Crippen molar-refractivity contribution in [2.45, 2.75) is 64.5 Å². The summed E-state index contributed by atoms with van der Waals surface area (Å²) in [5.41, 5.74) is 0.0820. The van der Waals surface area contributed by atoms with Gasteiger partial charge in [0.15, 0.2) is 5.96 Å². The molecule has 0 unspecified atom stereocenters. The Kier molecular flexibility index (Phi) is 6.96. The van der Waals surface area contributed by atoms with Gasteiger partial charge < -0.3 is 15.4 Å². The minimum atomic E-state index is 0.0820. The monoisotopic (exact) mass is 310 g/mol. The quantitative estimate of drug-likeness (QED) is 0.602. The molecule has 0 aromatic rings. The highest BCUT2D eigenvalue weighted by atomic mass is 16.5. The Hall–Kier alpha value is -0.810. The van der Waals surface area contributed by atoms with Gasteiger partial charge in [-0.05, 0) is 33.6 Å². The Morgan fingerprint density at radius 3 is 2.50 bits per heavy atom. The SMILES string of the molecule is CCNC(=NCC(C)(C)N1CCOCC1)NC1CCCCC1. The first-order valence-corrected chi connectivity index (χ1v) is 8.99. The summed E-state index contributed by atoms with van der Waals surface area (Å²) in [7, 11) is 0. The van der Waals surface area contributed by atoms with Gasteiger partial charge in [-0.1, -0.05) is 19.3 Å². The van der Waals surface area contributed by atoms with Crippen molar-refractivity contribution in [2.24, 2.45) is 4.99 Å². The van der Waals surface area contributed by atoms with Gasteiger partial charge in [-0.3, -0.25) is 9.89 Å². The number of ether oxygens (including phenoxy) is 1. The van der Waals surface area contributed by atoms with Crippen molar-refractivity contribution in [1.29, 1.82) is 0 Å². The molecular weight excluding hydrogens is 276 g/mol. The number of guanidine groups is 1. The summed E-state index contributed by atoms with van der Waals surface area (Å²) in [5, 5.41) is 7.03. The number of nitrogens with zero attached hydrogens (tertiary/aromatic N) is 2. The molecule has 0 bridgehead atoms. The molecule has 1 aliphatic carbocycles. The fourth-order valence-corrected chi connectivity index (χ4v) is 3.30. The van der Waals surface area contributed by atoms with Gasteiger partial charge in [-0.15, -0.1) is 0 Å². The second kappa shape index (κ2) is 8.73. The Morgan fingerprint density at radius 1 is 1.18 bits per heavy atom. The highest BCUT2D eigenvalue weighted by Gasteiger charge is 2.28. The van der Waals surface area contributed by atoms with E-state index in [-0.39, 0.29) is 5.54 Å². The summed E-state index contributed by atoms with van der Waals surface area (Å²) < 4.78 is 5.46. The normalized spacial score (nSPS) is 22.6. The van der Waals surface area contributed by atoms with E-state index < -0.39 is 0 Å². The zero-order chi connectivity index (χ0) is 15.8. The van der Waals surface area contributed by atoms with Gasteiger partial charge in [0.2, 0.25) is 0 Å². The van der Waals surface area contributed by atoms with Crippen molar-refractivity contribution in [1.82, 2.24) is 15.5 Å². The van der Waals surface area contributed by atoms with Crippen LogP contribution in [-0.4, -0.2) is 61.8 Å². The van der Waals surface area contributed by atoms with Gasteiger partial charge in [-0.25, -0.2) is 0 Å². The fraction of sp³-hybridized carbons (Fsp3) is 0.941. The first kappa shape index (κ1) is 17.5. The zero-order valence-electron chi connectivity index (χ0n) is 14.7. The van der Waals surface area contributed by atoms with Gasteiger partial charge in [0.25, 0.3) is 0 Å². The van der Waals surface area contributed by atoms with Crippen molar-refractivity contribution in [3.05, 3.63) is 0 Å². The highest BCUT2D eigenvalue weighted by Crippen LogP contribution is 2.18. The Labute approximate surface area is 135 Å². The standard InChI is InChI=1S/C17H34N4O/c1-4-18-16(20-15-8-6-5-7-9-15)19-14-17(2,3)21-10-12-22-13-11-21/h15H,4-14H2,1-3H3,(H2,18,19,20). The molecule has 0 spiro atoms. The maximum atomic E-state index is 5.46. The second-order valence-corrected chi connectivity index (χ2v) is 7.09. The van der Waals surface area contributed by atoms with Crippen LogP contribution < -0.4 is 10.6 Å². The lowest BCUT2D eigenvalue weighted by molar-refractivity contribution is -0.00684. The molecule has 1 saturated heterocycles. The van der Waals surface area contributed by atoms with E-state index in [9.17, 15) is 0 Å². The van der Waals surface area contributed by atoms with Gasteiger partial charge in [0, 0.05) is 31.2 Å². The first-order chi connectivity index (χ1) is 10.6. The van der Waals surface area contributed by atoms with E-state index in [1.54, 1.807) is 0 Å². The van der Waals surface area contributed by atoms with Gasteiger partial charge in [0.05, 0.1) is 19.8 Å². The maximum absolute atomic E-state index is 5.46. The van der Waals surface area contributed by atoms with Crippen molar-refractivity contribution >= 4 is 5.96 Å². The molecule has 22 heavy (non-hydrogen) atoms. The van der Waals surface area contributed by atoms with E-state index in [2.05, 4.69) is 36.3 Å². The third-order valence-electron chi connectivity index (χ3n) is 4.78. The van der Waals surface area contributed by atoms with E-state index in [0.717, 1.165) is 45.4 Å². The lowest BCUT2D eigenvalue weighted by Gasteiger charge is -2.40. The molecule has 0 aromatic heterocycles. The van der Waals surface area contributed by atoms with Crippen molar-refractivity contribution in [3.63, 3.8) is 0 Å². The number of morpholine rings is 1. The molecule has 5 heteroatoms. The number of rotatable bonds is 5. The third-order valence-corrected chi connectivity index (χ3v) is 4.78. The molecule has 0 atom stereocenters. The Bertz CT molecular complexity index is 345. The minimum absolute atomic E-state index is 0.0820. The van der Waals surface area contributed by atoms with Crippen LogP contribution in [0.25, 0.3) is 0 Å². The van der Waals surface area contributed by atoms with E-state index >= 15 is 0 Å². The van der Waals surface area contributed by atoms with E-state index in [1.165, 1.54) is 32.1 Å². The molecular formula is C17H34N4O. The molecule has 5 nitrogen and oxygen atoms in total. The summed E-state index contributed by atoms with van der Waals surface area (Å²) in [6.45, 7) is 12.1. The predicted molar refractivity (Wildman–Crippen MR) is 92.5 cm³/mol. The van der Waals surface area contributed by atoms with Crippen molar-refractivity contribution in [3.8, 4) is 0 Å². The van der Waals surface area contributed by atoms with Crippen molar-refractivity contribution < 1.29 is 4.74 Å². The lowest BCUT2D eigenvalue weighted by Crippen LogP contribution is -2.52. The van der Waals surface area contributed by atoms with Gasteiger partial charge >= 0.3 is 0 Å². The van der Waals surface area contributed by atoms with Crippen LogP contribution in [0.4, 0.5) is 0 Å². The average Bonchev–Trinajstić information content (AvgIpc) is 2.55. The van der Waals surface area contributed by atoms with Crippen LogP contribution in [0, 0.1) is 0 Å². The van der Waals surface area contributed by atoms with Crippen LogP contribution in [0.15, 0.2) is 4.99 Å². The molecule has 2 N–H and O–H groups in total. The maximum Gasteiger partial charge on any atom is 0.191 e. The molecule has 1 heterocycles. The number of hydrogen-bond acceptors (Lipinski definition) is 3. The Balaban J connectivity index is 1.89. The molecule has 128 valence electrons. The summed E-state index contributed by atoms with van der Waals surface area (Å²) >= 11 is 0. The second-order valence-electron chi connectivity index (χ2n) is 7.09. The van der Waals surface area contributed by atoms with Crippen LogP contribution >= 0.6 is 0 Å². The Morgan fingerprint density at radius 2 is 1.86 bits per heavy atom. The smallest absolute Gasteiger partial charge is 0.191 e. The highest BCUT2D eigenvalue weighted by molar-refractivity contribution is 5.80. The number of nitrogens with one attached hydrogen (secondary N) is 2. The molecule has 2 aliphatic rings. The van der Waals surface area contributed by atoms with Crippen LogP contribution in [0.5, 0.6) is 0 Å². The van der Waals surface area contributed by atoms with E-state index in [4.69, 9.17) is 9.73 Å². The number of aliphatic imine (C=N–C) groups is 1. The number of hydrogen-bond donors (Lipinski definition) is 2. The molecule has 0 radical (unpaired) electrons. The minimum Gasteiger partial charge on any atom is -0.379 e. The molecule has 1 saturated carbocycles.